The van der Waals surface area contributed by atoms with Crippen LogP contribution in [-0.4, -0.2) is 31.7 Å². The van der Waals surface area contributed by atoms with E-state index in [2.05, 4.69) is 32.6 Å². The molecule has 0 spiro atoms. The number of anilines is 1. The van der Waals surface area contributed by atoms with Gasteiger partial charge in [0.2, 0.25) is 5.91 Å². The van der Waals surface area contributed by atoms with Crippen molar-refractivity contribution in [3.05, 3.63) is 35.2 Å². The van der Waals surface area contributed by atoms with Gasteiger partial charge in [-0.15, -0.1) is 11.3 Å². The summed E-state index contributed by atoms with van der Waals surface area (Å²) in [6.45, 7) is 2.05. The van der Waals surface area contributed by atoms with Gasteiger partial charge < -0.3 is 10.6 Å². The van der Waals surface area contributed by atoms with E-state index in [0.717, 1.165) is 40.3 Å². The van der Waals surface area contributed by atoms with Crippen LogP contribution in [0.2, 0.25) is 0 Å². The number of aryl methyl sites for hydroxylation is 2. The lowest BCUT2D eigenvalue weighted by molar-refractivity contribution is -0.123. The van der Waals surface area contributed by atoms with Crippen molar-refractivity contribution in [2.75, 3.05) is 5.32 Å². The summed E-state index contributed by atoms with van der Waals surface area (Å²) >= 11 is 1.62. The monoisotopic (exact) mass is 356 g/mol. The van der Waals surface area contributed by atoms with Crippen LogP contribution in [0.15, 0.2) is 23.8 Å². The fourth-order valence-corrected chi connectivity index (χ4v) is 4.00. The highest BCUT2D eigenvalue weighted by atomic mass is 32.1. The molecule has 1 saturated heterocycles. The number of aromatic nitrogens is 4. The predicted octanol–water partition coefficient (Wildman–Crippen LogP) is 2.42. The molecule has 1 amide bonds. The molecule has 8 heteroatoms. The highest BCUT2D eigenvalue weighted by Gasteiger charge is 2.31. The van der Waals surface area contributed by atoms with Crippen molar-refractivity contribution in [2.45, 2.75) is 38.3 Å². The van der Waals surface area contributed by atoms with Crippen LogP contribution in [0.3, 0.4) is 0 Å². The van der Waals surface area contributed by atoms with E-state index in [1.165, 1.54) is 0 Å². The molecule has 0 radical (unpaired) electrons. The van der Waals surface area contributed by atoms with Gasteiger partial charge in [0, 0.05) is 31.6 Å². The molecule has 3 aromatic heterocycles. The molecule has 1 aliphatic heterocycles. The van der Waals surface area contributed by atoms with E-state index in [1.807, 2.05) is 30.9 Å². The van der Waals surface area contributed by atoms with E-state index in [1.54, 1.807) is 16.0 Å². The maximum atomic E-state index is 11.9. The van der Waals surface area contributed by atoms with Gasteiger partial charge >= 0.3 is 0 Å². The minimum atomic E-state index is -0.122. The Kier molecular flexibility index (Phi) is 4.12. The van der Waals surface area contributed by atoms with Gasteiger partial charge in [-0.2, -0.15) is 5.10 Å². The molecule has 0 aliphatic carbocycles. The van der Waals surface area contributed by atoms with Crippen LogP contribution >= 0.6 is 11.3 Å². The van der Waals surface area contributed by atoms with Gasteiger partial charge in [0.15, 0.2) is 0 Å². The van der Waals surface area contributed by atoms with Gasteiger partial charge in [-0.25, -0.2) is 9.97 Å². The zero-order chi connectivity index (χ0) is 17.4. The molecule has 0 unspecified atom stereocenters. The van der Waals surface area contributed by atoms with Crippen molar-refractivity contribution in [2.24, 2.45) is 7.05 Å². The summed E-state index contributed by atoms with van der Waals surface area (Å²) in [5.41, 5.74) is 0.999. The van der Waals surface area contributed by atoms with E-state index in [0.29, 0.717) is 6.42 Å². The number of carbonyl (C=O) groups excluding carboxylic acids is 1. The fourth-order valence-electron chi connectivity index (χ4n) is 3.21. The molecule has 3 aromatic rings. The summed E-state index contributed by atoms with van der Waals surface area (Å²) in [6, 6.07) is 1.98. The molecular weight excluding hydrogens is 336 g/mol. The average Bonchev–Trinajstić information content (AvgIpc) is 3.25. The number of nitrogens with zero attached hydrogens (tertiary/aromatic N) is 4. The first kappa shape index (κ1) is 16.0. The lowest BCUT2D eigenvalue weighted by Crippen LogP contribution is -2.45. The van der Waals surface area contributed by atoms with Crippen molar-refractivity contribution in [1.29, 1.82) is 0 Å². The summed E-state index contributed by atoms with van der Waals surface area (Å²) in [7, 11) is 1.88. The number of hydrogen-bond acceptors (Lipinski definition) is 6. The van der Waals surface area contributed by atoms with Gasteiger partial charge in [-0.1, -0.05) is 6.92 Å². The zero-order valence-corrected chi connectivity index (χ0v) is 15.0. The second-order valence-corrected chi connectivity index (χ2v) is 7.16. The molecule has 4 rings (SSSR count). The molecule has 2 N–H and O–H groups in total. The third kappa shape index (κ3) is 3.09. The number of rotatable bonds is 4. The summed E-state index contributed by atoms with van der Waals surface area (Å²) in [6.07, 6.45) is 5.80. The number of piperidine rings is 1. The number of nitrogens with one attached hydrogen (secondary N) is 2. The van der Waals surface area contributed by atoms with Gasteiger partial charge in [-0.05, 0) is 17.9 Å². The molecule has 0 bridgehead atoms. The first-order chi connectivity index (χ1) is 12.1. The lowest BCUT2D eigenvalue weighted by Gasteiger charge is -2.32. The van der Waals surface area contributed by atoms with Gasteiger partial charge in [0.05, 0.1) is 23.7 Å². The Morgan fingerprint density at radius 2 is 2.32 bits per heavy atom. The lowest BCUT2D eigenvalue weighted by atomic mass is 9.93. The van der Waals surface area contributed by atoms with E-state index in [9.17, 15) is 4.79 Å². The van der Waals surface area contributed by atoms with Crippen molar-refractivity contribution in [3.8, 4) is 0 Å². The second-order valence-electron chi connectivity index (χ2n) is 6.26. The van der Waals surface area contributed by atoms with E-state index >= 15 is 0 Å². The third-order valence-electron chi connectivity index (χ3n) is 4.49. The van der Waals surface area contributed by atoms with Gasteiger partial charge in [0.25, 0.3) is 0 Å². The normalized spacial score (nSPS) is 20.6. The summed E-state index contributed by atoms with van der Waals surface area (Å²) in [5.74, 6) is 1.75. The first-order valence-electron chi connectivity index (χ1n) is 8.42. The second kappa shape index (κ2) is 6.44. The maximum absolute atomic E-state index is 11.9. The molecule has 2 atom stereocenters. The molecule has 4 heterocycles. The summed E-state index contributed by atoms with van der Waals surface area (Å²) in [4.78, 5) is 22.2. The van der Waals surface area contributed by atoms with Crippen LogP contribution in [0.25, 0.3) is 10.2 Å². The zero-order valence-electron chi connectivity index (χ0n) is 14.2. The number of hydrogen-bond donors (Lipinski definition) is 2. The van der Waals surface area contributed by atoms with Crippen LogP contribution in [-0.2, 0) is 18.3 Å². The molecule has 1 aliphatic rings. The summed E-state index contributed by atoms with van der Waals surface area (Å²) in [5, 5.41) is 14.0. The molecule has 7 nitrogen and oxygen atoms in total. The smallest absolute Gasteiger partial charge is 0.220 e. The van der Waals surface area contributed by atoms with E-state index in [4.69, 9.17) is 0 Å². The van der Waals surface area contributed by atoms with Crippen LogP contribution in [0.1, 0.15) is 37.2 Å². The quantitative estimate of drug-likeness (QED) is 0.750. The number of fused-ring (bicyclic) bond motifs is 1. The Morgan fingerprint density at radius 1 is 1.44 bits per heavy atom. The molecule has 25 heavy (non-hydrogen) atoms. The summed E-state index contributed by atoms with van der Waals surface area (Å²) < 4.78 is 1.75. The van der Waals surface area contributed by atoms with E-state index < -0.39 is 0 Å². The minimum absolute atomic E-state index is 0.0598. The standard InChI is InChI=1S/C17H20N6OS/c1-3-13-20-16(11-6-7-25-17(11)21-13)19-12-4-5-14(24)22-15(12)10-8-18-23(2)9-10/h6-9,12,15H,3-5H2,1-2H3,(H,22,24)(H,19,20,21)/t12-,15+/m1/s1. The molecule has 1 fully saturated rings. The Labute approximate surface area is 149 Å². The van der Waals surface area contributed by atoms with Gasteiger partial charge in [0.1, 0.15) is 16.5 Å². The minimum Gasteiger partial charge on any atom is -0.364 e. The predicted molar refractivity (Wildman–Crippen MR) is 97.5 cm³/mol. The van der Waals surface area contributed by atoms with Crippen LogP contribution in [0, 0.1) is 0 Å². The Balaban J connectivity index is 1.68. The maximum Gasteiger partial charge on any atom is 0.220 e. The number of amides is 1. The number of thiophene rings is 1. The number of carbonyl (C=O) groups is 1. The van der Waals surface area contributed by atoms with Gasteiger partial charge in [-0.3, -0.25) is 9.48 Å². The molecular formula is C17H20N6OS. The highest BCUT2D eigenvalue weighted by Crippen LogP contribution is 2.30. The Hall–Kier alpha value is -2.48. The largest absolute Gasteiger partial charge is 0.364 e. The Morgan fingerprint density at radius 3 is 3.08 bits per heavy atom. The Bertz CT molecular complexity index is 917. The van der Waals surface area contributed by atoms with Crippen molar-refractivity contribution in [1.82, 2.24) is 25.1 Å². The molecule has 0 aromatic carbocycles. The van der Waals surface area contributed by atoms with Crippen molar-refractivity contribution >= 4 is 33.3 Å². The fraction of sp³-hybridized carbons (Fsp3) is 0.412. The SMILES string of the molecule is CCc1nc(N[C@@H]2CCC(=O)N[C@H]2c2cnn(C)c2)c2ccsc2n1. The topological polar surface area (TPSA) is 84.7 Å². The average molecular weight is 356 g/mol. The van der Waals surface area contributed by atoms with Crippen molar-refractivity contribution < 1.29 is 4.79 Å². The molecule has 130 valence electrons. The van der Waals surface area contributed by atoms with Crippen molar-refractivity contribution in [3.63, 3.8) is 0 Å². The third-order valence-corrected chi connectivity index (χ3v) is 5.30. The van der Waals surface area contributed by atoms with E-state index in [-0.39, 0.29) is 18.0 Å². The first-order valence-corrected chi connectivity index (χ1v) is 9.30. The van der Waals surface area contributed by atoms with Crippen LogP contribution in [0.5, 0.6) is 0 Å². The highest BCUT2D eigenvalue weighted by molar-refractivity contribution is 7.16. The molecule has 0 saturated carbocycles. The van der Waals surface area contributed by atoms with Crippen LogP contribution in [0.4, 0.5) is 5.82 Å². The van der Waals surface area contributed by atoms with Crippen LogP contribution < -0.4 is 10.6 Å².